The minimum atomic E-state index is -1.07. The fourth-order valence-corrected chi connectivity index (χ4v) is 2.36. The van der Waals surface area contributed by atoms with Crippen molar-refractivity contribution >= 4 is 23.6 Å². The Balaban J connectivity index is 2.02. The predicted octanol–water partition coefficient (Wildman–Crippen LogP) is 2.43. The van der Waals surface area contributed by atoms with Crippen molar-refractivity contribution in [3.63, 3.8) is 0 Å². The first-order valence-electron chi connectivity index (χ1n) is 6.21. The lowest BCUT2D eigenvalue weighted by Gasteiger charge is -2.08. The van der Waals surface area contributed by atoms with E-state index in [1.54, 1.807) is 12.1 Å². The minimum Gasteiger partial charge on any atom is -0.477 e. The summed E-state index contributed by atoms with van der Waals surface area (Å²) in [6.45, 7) is 0.300. The predicted molar refractivity (Wildman–Crippen MR) is 80.6 cm³/mol. The van der Waals surface area contributed by atoms with Crippen LogP contribution in [0.4, 0.5) is 0 Å². The van der Waals surface area contributed by atoms with E-state index < -0.39 is 5.97 Å². The Morgan fingerprint density at radius 3 is 2.62 bits per heavy atom. The van der Waals surface area contributed by atoms with Crippen molar-refractivity contribution in [1.82, 2.24) is 10.3 Å². The molecule has 21 heavy (non-hydrogen) atoms. The third-order valence-electron chi connectivity index (χ3n) is 2.85. The van der Waals surface area contributed by atoms with Crippen LogP contribution in [-0.4, -0.2) is 28.2 Å². The van der Waals surface area contributed by atoms with E-state index in [4.69, 9.17) is 5.11 Å². The van der Waals surface area contributed by atoms with E-state index in [0.29, 0.717) is 12.1 Å². The molecule has 2 rings (SSSR count). The van der Waals surface area contributed by atoms with Crippen LogP contribution in [0.5, 0.6) is 0 Å². The Hall–Kier alpha value is -2.34. The number of thioether (sulfide) groups is 1. The molecule has 0 saturated heterocycles. The van der Waals surface area contributed by atoms with Crippen molar-refractivity contribution in [2.75, 3.05) is 6.26 Å². The number of hydrogen-bond acceptors (Lipinski definition) is 4. The maximum absolute atomic E-state index is 12.1. The van der Waals surface area contributed by atoms with E-state index in [1.165, 1.54) is 24.0 Å². The van der Waals surface area contributed by atoms with E-state index in [9.17, 15) is 9.59 Å². The van der Waals surface area contributed by atoms with Gasteiger partial charge in [0.05, 0.1) is 5.56 Å². The van der Waals surface area contributed by atoms with Gasteiger partial charge in [0.1, 0.15) is 5.69 Å². The van der Waals surface area contributed by atoms with Gasteiger partial charge in [-0.1, -0.05) is 18.2 Å². The zero-order valence-corrected chi connectivity index (χ0v) is 12.2. The molecule has 0 atom stereocenters. The van der Waals surface area contributed by atoms with Gasteiger partial charge in [0, 0.05) is 17.6 Å². The standard InChI is InChI=1S/C15H14N2O3S/c1-21-13-5-3-2-4-11(13)14(18)17-9-10-6-7-12(15(19)20)16-8-10/h2-8H,9H2,1H3,(H,17,18)(H,19,20). The maximum Gasteiger partial charge on any atom is 0.354 e. The first-order valence-corrected chi connectivity index (χ1v) is 7.43. The van der Waals surface area contributed by atoms with Crippen molar-refractivity contribution in [3.05, 3.63) is 59.4 Å². The topological polar surface area (TPSA) is 79.3 Å². The number of nitrogens with zero attached hydrogens (tertiary/aromatic N) is 1. The molecule has 1 aromatic heterocycles. The second-order valence-corrected chi connectivity index (χ2v) is 5.09. The molecule has 0 spiro atoms. The molecule has 1 aromatic carbocycles. The van der Waals surface area contributed by atoms with E-state index in [2.05, 4.69) is 10.3 Å². The molecule has 0 bridgehead atoms. The molecule has 0 aliphatic rings. The SMILES string of the molecule is CSc1ccccc1C(=O)NCc1ccc(C(=O)O)nc1. The lowest BCUT2D eigenvalue weighted by atomic mass is 10.2. The maximum atomic E-state index is 12.1. The number of carboxylic acid groups (broad SMARTS) is 1. The van der Waals surface area contributed by atoms with E-state index in [1.807, 2.05) is 24.5 Å². The van der Waals surface area contributed by atoms with Crippen molar-refractivity contribution in [2.45, 2.75) is 11.4 Å². The highest BCUT2D eigenvalue weighted by atomic mass is 32.2. The second-order valence-electron chi connectivity index (χ2n) is 4.24. The quantitative estimate of drug-likeness (QED) is 0.829. The summed E-state index contributed by atoms with van der Waals surface area (Å²) in [5, 5.41) is 11.6. The number of carbonyl (C=O) groups excluding carboxylic acids is 1. The van der Waals surface area contributed by atoms with E-state index >= 15 is 0 Å². The number of benzene rings is 1. The Kier molecular flexibility index (Phi) is 4.94. The van der Waals surface area contributed by atoms with Crippen LogP contribution < -0.4 is 5.32 Å². The lowest BCUT2D eigenvalue weighted by Crippen LogP contribution is -2.23. The van der Waals surface area contributed by atoms with Crippen molar-refractivity contribution in [1.29, 1.82) is 0 Å². The molecule has 1 heterocycles. The minimum absolute atomic E-state index is 0.0159. The van der Waals surface area contributed by atoms with Gasteiger partial charge >= 0.3 is 5.97 Å². The van der Waals surface area contributed by atoms with Crippen molar-refractivity contribution < 1.29 is 14.7 Å². The summed E-state index contributed by atoms with van der Waals surface area (Å²) in [4.78, 5) is 27.6. The first-order chi connectivity index (χ1) is 10.1. The molecule has 2 aromatic rings. The first kappa shape index (κ1) is 15.1. The van der Waals surface area contributed by atoms with Gasteiger partial charge in [-0.3, -0.25) is 4.79 Å². The number of rotatable bonds is 5. The summed E-state index contributed by atoms with van der Waals surface area (Å²) in [6.07, 6.45) is 3.37. The largest absolute Gasteiger partial charge is 0.477 e. The summed E-state index contributed by atoms with van der Waals surface area (Å²) in [6, 6.07) is 10.4. The molecule has 0 radical (unpaired) electrons. The molecular formula is C15H14N2O3S. The zero-order chi connectivity index (χ0) is 15.2. The highest BCUT2D eigenvalue weighted by Gasteiger charge is 2.10. The van der Waals surface area contributed by atoms with Crippen LogP contribution in [-0.2, 0) is 6.54 Å². The average Bonchev–Trinajstić information content (AvgIpc) is 2.52. The summed E-state index contributed by atoms with van der Waals surface area (Å²) in [7, 11) is 0. The number of pyridine rings is 1. The molecule has 0 aliphatic heterocycles. The molecule has 108 valence electrons. The molecular weight excluding hydrogens is 288 g/mol. The van der Waals surface area contributed by atoms with Crippen LogP contribution >= 0.6 is 11.8 Å². The highest BCUT2D eigenvalue weighted by Crippen LogP contribution is 2.19. The molecule has 0 unspecified atom stereocenters. The molecule has 5 nitrogen and oxygen atoms in total. The third kappa shape index (κ3) is 3.82. The van der Waals surface area contributed by atoms with E-state index in [0.717, 1.165) is 10.5 Å². The van der Waals surface area contributed by atoms with Gasteiger partial charge in [-0.15, -0.1) is 11.8 Å². The Morgan fingerprint density at radius 2 is 2.00 bits per heavy atom. The van der Waals surface area contributed by atoms with Gasteiger partial charge < -0.3 is 10.4 Å². The van der Waals surface area contributed by atoms with Crippen LogP contribution in [0.3, 0.4) is 0 Å². The number of amides is 1. The Morgan fingerprint density at radius 1 is 1.24 bits per heavy atom. The molecule has 0 fully saturated rings. The van der Waals surface area contributed by atoms with Gasteiger partial charge in [-0.05, 0) is 30.0 Å². The number of nitrogens with one attached hydrogen (secondary N) is 1. The zero-order valence-electron chi connectivity index (χ0n) is 11.4. The molecule has 0 saturated carbocycles. The fourth-order valence-electron chi connectivity index (χ4n) is 1.77. The summed E-state index contributed by atoms with van der Waals surface area (Å²) in [5.74, 6) is -1.23. The number of hydrogen-bond donors (Lipinski definition) is 2. The third-order valence-corrected chi connectivity index (χ3v) is 3.64. The van der Waals surface area contributed by atoms with Gasteiger partial charge in [0.15, 0.2) is 0 Å². The summed E-state index contributed by atoms with van der Waals surface area (Å²) >= 11 is 1.51. The number of carbonyl (C=O) groups is 2. The lowest BCUT2D eigenvalue weighted by molar-refractivity contribution is 0.0690. The van der Waals surface area contributed by atoms with Crippen LogP contribution in [0.15, 0.2) is 47.5 Å². The van der Waals surface area contributed by atoms with Gasteiger partial charge in [-0.25, -0.2) is 9.78 Å². The van der Waals surface area contributed by atoms with Crippen LogP contribution in [0.2, 0.25) is 0 Å². The number of aromatic carboxylic acids is 1. The van der Waals surface area contributed by atoms with Gasteiger partial charge in [0.2, 0.25) is 0 Å². The number of aromatic nitrogens is 1. The van der Waals surface area contributed by atoms with Crippen molar-refractivity contribution in [3.8, 4) is 0 Å². The van der Waals surface area contributed by atoms with Crippen LogP contribution in [0, 0.1) is 0 Å². The summed E-state index contributed by atoms with van der Waals surface area (Å²) in [5.41, 5.74) is 1.35. The molecule has 1 amide bonds. The number of carboxylic acids is 1. The van der Waals surface area contributed by atoms with Crippen LogP contribution in [0.1, 0.15) is 26.4 Å². The Bertz CT molecular complexity index is 656. The second kappa shape index (κ2) is 6.90. The average molecular weight is 302 g/mol. The molecule has 0 aliphatic carbocycles. The molecule has 2 N–H and O–H groups in total. The fraction of sp³-hybridized carbons (Fsp3) is 0.133. The molecule has 6 heteroatoms. The van der Waals surface area contributed by atoms with Gasteiger partial charge in [-0.2, -0.15) is 0 Å². The smallest absolute Gasteiger partial charge is 0.354 e. The van der Waals surface area contributed by atoms with Crippen LogP contribution in [0.25, 0.3) is 0 Å². The monoisotopic (exact) mass is 302 g/mol. The van der Waals surface area contributed by atoms with Crippen molar-refractivity contribution in [2.24, 2.45) is 0 Å². The van der Waals surface area contributed by atoms with E-state index in [-0.39, 0.29) is 11.6 Å². The normalized spacial score (nSPS) is 10.1. The summed E-state index contributed by atoms with van der Waals surface area (Å²) < 4.78 is 0. The highest BCUT2D eigenvalue weighted by molar-refractivity contribution is 7.98. The van der Waals surface area contributed by atoms with Gasteiger partial charge in [0.25, 0.3) is 5.91 Å². The Labute approximate surface area is 126 Å².